The summed E-state index contributed by atoms with van der Waals surface area (Å²) in [6.07, 6.45) is -0.270. The van der Waals surface area contributed by atoms with Crippen LogP contribution in [0.15, 0.2) is 48.5 Å². The number of carboxylic acid groups (broad SMARTS) is 1. The summed E-state index contributed by atoms with van der Waals surface area (Å²) in [6, 6.07) is 13.6. The van der Waals surface area contributed by atoms with Crippen molar-refractivity contribution in [2.24, 2.45) is 0 Å². The van der Waals surface area contributed by atoms with Crippen LogP contribution in [0.1, 0.15) is 35.3 Å². The Hall–Kier alpha value is -2.86. The van der Waals surface area contributed by atoms with E-state index in [4.69, 9.17) is 5.11 Å². The molecule has 2 atom stereocenters. The van der Waals surface area contributed by atoms with Crippen LogP contribution in [0.25, 0.3) is 0 Å². The third-order valence-electron chi connectivity index (χ3n) is 4.11. The molecule has 6 heteroatoms. The molecule has 4 N–H and O–H groups in total. The molecule has 6 nitrogen and oxygen atoms in total. The molecule has 0 bridgehead atoms. The molecular formula is C20H24N2O4. The molecule has 0 fully saturated rings. The summed E-state index contributed by atoms with van der Waals surface area (Å²) in [7, 11) is 0. The highest BCUT2D eigenvalue weighted by atomic mass is 16.4. The minimum Gasteiger partial charge on any atom is -0.480 e. The predicted molar refractivity (Wildman–Crippen MR) is 100 cm³/mol. The van der Waals surface area contributed by atoms with E-state index in [1.807, 2.05) is 24.3 Å². The maximum atomic E-state index is 12.3. The second-order valence-electron chi connectivity index (χ2n) is 6.09. The topological polar surface area (TPSA) is 98.7 Å². The van der Waals surface area contributed by atoms with E-state index in [0.29, 0.717) is 12.1 Å². The summed E-state index contributed by atoms with van der Waals surface area (Å²) in [5.74, 6) is -1.81. The molecular weight excluding hydrogens is 332 g/mol. The maximum Gasteiger partial charge on any atom is 0.328 e. The number of aliphatic hydroxyl groups is 1. The third kappa shape index (κ3) is 5.07. The van der Waals surface area contributed by atoms with Gasteiger partial charge in [-0.3, -0.25) is 4.79 Å². The number of aryl methyl sites for hydroxylation is 1. The van der Waals surface area contributed by atoms with Crippen molar-refractivity contribution in [1.29, 1.82) is 0 Å². The van der Waals surface area contributed by atoms with E-state index in [2.05, 4.69) is 23.6 Å². The first-order valence-corrected chi connectivity index (χ1v) is 8.54. The van der Waals surface area contributed by atoms with Crippen LogP contribution in [-0.2, 0) is 17.8 Å². The lowest BCUT2D eigenvalue weighted by atomic mass is 10.1. The van der Waals surface area contributed by atoms with Crippen LogP contribution in [-0.4, -0.2) is 34.2 Å². The fourth-order valence-corrected chi connectivity index (χ4v) is 2.63. The van der Waals surface area contributed by atoms with Gasteiger partial charge in [-0.15, -0.1) is 0 Å². The van der Waals surface area contributed by atoms with Gasteiger partial charge in [0.25, 0.3) is 5.91 Å². The zero-order valence-electron chi connectivity index (χ0n) is 14.9. The molecule has 0 aliphatic carbocycles. The summed E-state index contributed by atoms with van der Waals surface area (Å²) in [5, 5.41) is 24.3. The molecule has 0 heterocycles. The summed E-state index contributed by atoms with van der Waals surface area (Å²) in [4.78, 5) is 23.4. The number of nitrogens with one attached hydrogen (secondary N) is 2. The second-order valence-corrected chi connectivity index (χ2v) is 6.09. The Bertz CT molecular complexity index is 774. The van der Waals surface area contributed by atoms with Crippen LogP contribution in [0, 0.1) is 0 Å². The Morgan fingerprint density at radius 3 is 2.50 bits per heavy atom. The average Bonchev–Trinajstić information content (AvgIpc) is 2.64. The number of amides is 1. The number of rotatable bonds is 8. The van der Waals surface area contributed by atoms with Crippen molar-refractivity contribution in [2.45, 2.75) is 39.0 Å². The summed E-state index contributed by atoms with van der Waals surface area (Å²) in [6.45, 7) is 3.95. The SMILES string of the molecule is CCc1ccccc1NCc1cccc(C(=O)NC(C(=O)O)C(C)O)c1. The fraction of sp³-hybridized carbons (Fsp3) is 0.300. The highest BCUT2D eigenvalue weighted by Crippen LogP contribution is 2.17. The predicted octanol–water partition coefficient (Wildman–Crippen LogP) is 2.42. The lowest BCUT2D eigenvalue weighted by Gasteiger charge is -2.17. The number of hydrogen-bond acceptors (Lipinski definition) is 4. The largest absolute Gasteiger partial charge is 0.480 e. The number of hydrogen-bond donors (Lipinski definition) is 4. The monoisotopic (exact) mass is 356 g/mol. The van der Waals surface area contributed by atoms with Crippen molar-refractivity contribution in [2.75, 3.05) is 5.32 Å². The van der Waals surface area contributed by atoms with Crippen LogP contribution in [0.2, 0.25) is 0 Å². The zero-order chi connectivity index (χ0) is 19.1. The van der Waals surface area contributed by atoms with Gasteiger partial charge in [-0.1, -0.05) is 37.3 Å². The minimum absolute atomic E-state index is 0.347. The summed E-state index contributed by atoms with van der Waals surface area (Å²) >= 11 is 0. The average molecular weight is 356 g/mol. The molecule has 0 aromatic heterocycles. The Morgan fingerprint density at radius 1 is 1.12 bits per heavy atom. The lowest BCUT2D eigenvalue weighted by molar-refractivity contribution is -0.141. The molecule has 2 aromatic rings. The Morgan fingerprint density at radius 2 is 1.85 bits per heavy atom. The van der Waals surface area contributed by atoms with E-state index in [1.54, 1.807) is 18.2 Å². The van der Waals surface area contributed by atoms with Crippen LogP contribution in [0.3, 0.4) is 0 Å². The summed E-state index contributed by atoms with van der Waals surface area (Å²) in [5.41, 5.74) is 3.50. The number of para-hydroxylation sites is 1. The van der Waals surface area contributed by atoms with E-state index in [1.165, 1.54) is 12.5 Å². The molecule has 1 amide bonds. The van der Waals surface area contributed by atoms with Crippen molar-refractivity contribution in [3.05, 3.63) is 65.2 Å². The second kappa shape index (κ2) is 9.01. The van der Waals surface area contributed by atoms with E-state index in [0.717, 1.165) is 17.7 Å². The molecule has 0 saturated carbocycles. The van der Waals surface area contributed by atoms with Gasteiger partial charge in [0.15, 0.2) is 6.04 Å². The van der Waals surface area contributed by atoms with E-state index in [-0.39, 0.29) is 0 Å². The van der Waals surface area contributed by atoms with Gasteiger partial charge >= 0.3 is 5.97 Å². The number of benzene rings is 2. The normalized spacial score (nSPS) is 12.9. The van der Waals surface area contributed by atoms with Crippen LogP contribution in [0.4, 0.5) is 5.69 Å². The standard InChI is InChI=1S/C20H24N2O4/c1-3-15-8-4-5-10-17(15)21-12-14-7-6-9-16(11-14)19(24)22-18(13(2)23)20(25)26/h4-11,13,18,21,23H,3,12H2,1-2H3,(H,22,24)(H,25,26). The van der Waals surface area contributed by atoms with E-state index in [9.17, 15) is 14.7 Å². The molecule has 2 unspecified atom stereocenters. The first-order chi connectivity index (χ1) is 12.4. The zero-order valence-corrected chi connectivity index (χ0v) is 14.9. The van der Waals surface area contributed by atoms with Gasteiger partial charge in [0, 0.05) is 17.8 Å². The first kappa shape index (κ1) is 19.5. The van der Waals surface area contributed by atoms with Crippen molar-refractivity contribution in [3.8, 4) is 0 Å². The molecule has 0 aliphatic rings. The van der Waals surface area contributed by atoms with Crippen molar-refractivity contribution in [1.82, 2.24) is 5.32 Å². The van der Waals surface area contributed by atoms with Crippen LogP contribution >= 0.6 is 0 Å². The van der Waals surface area contributed by atoms with Gasteiger partial charge in [-0.25, -0.2) is 4.79 Å². The van der Waals surface area contributed by atoms with Crippen molar-refractivity contribution in [3.63, 3.8) is 0 Å². The molecule has 26 heavy (non-hydrogen) atoms. The number of aliphatic hydroxyl groups excluding tert-OH is 1. The Balaban J connectivity index is 2.07. The highest BCUT2D eigenvalue weighted by Gasteiger charge is 2.25. The number of carbonyl (C=O) groups is 2. The van der Waals surface area contributed by atoms with Crippen molar-refractivity contribution >= 4 is 17.6 Å². The smallest absolute Gasteiger partial charge is 0.328 e. The van der Waals surface area contributed by atoms with Gasteiger partial charge in [0.1, 0.15) is 0 Å². The van der Waals surface area contributed by atoms with Gasteiger partial charge in [-0.2, -0.15) is 0 Å². The first-order valence-electron chi connectivity index (χ1n) is 8.54. The highest BCUT2D eigenvalue weighted by molar-refractivity contribution is 5.96. The lowest BCUT2D eigenvalue weighted by Crippen LogP contribution is -2.47. The Labute approximate surface area is 152 Å². The van der Waals surface area contributed by atoms with Gasteiger partial charge in [0.05, 0.1) is 6.10 Å². The number of anilines is 1. The molecule has 0 radical (unpaired) electrons. The molecule has 2 rings (SSSR count). The minimum atomic E-state index is -1.35. The van der Waals surface area contributed by atoms with Gasteiger partial charge < -0.3 is 20.8 Å². The fourth-order valence-electron chi connectivity index (χ4n) is 2.63. The maximum absolute atomic E-state index is 12.3. The number of aliphatic carboxylic acids is 1. The van der Waals surface area contributed by atoms with E-state index >= 15 is 0 Å². The molecule has 2 aromatic carbocycles. The van der Waals surface area contributed by atoms with E-state index < -0.39 is 24.0 Å². The summed E-state index contributed by atoms with van der Waals surface area (Å²) < 4.78 is 0. The molecule has 0 saturated heterocycles. The third-order valence-corrected chi connectivity index (χ3v) is 4.11. The molecule has 138 valence electrons. The van der Waals surface area contributed by atoms with Crippen molar-refractivity contribution < 1.29 is 19.8 Å². The molecule has 0 spiro atoms. The van der Waals surface area contributed by atoms with Crippen LogP contribution < -0.4 is 10.6 Å². The van der Waals surface area contributed by atoms with Crippen LogP contribution in [0.5, 0.6) is 0 Å². The molecule has 0 aliphatic heterocycles. The number of carbonyl (C=O) groups excluding carboxylic acids is 1. The quantitative estimate of drug-likeness (QED) is 0.582. The number of carboxylic acids is 1. The van der Waals surface area contributed by atoms with Gasteiger partial charge in [0.2, 0.25) is 0 Å². The van der Waals surface area contributed by atoms with Gasteiger partial charge in [-0.05, 0) is 42.7 Å². The Kier molecular flexibility index (Phi) is 6.74.